The zero-order valence-electron chi connectivity index (χ0n) is 16.1. The van der Waals surface area contributed by atoms with Gasteiger partial charge in [-0.2, -0.15) is 0 Å². The molecule has 3 heteroatoms. The minimum Gasteiger partial charge on any atom is -0.489 e. The molecule has 2 aromatic rings. The smallest absolute Gasteiger partial charge is 0.127 e. The predicted octanol–water partition coefficient (Wildman–Crippen LogP) is 4.48. The lowest BCUT2D eigenvalue weighted by atomic mass is 10.1. The lowest BCUT2D eigenvalue weighted by Gasteiger charge is -2.30. The van der Waals surface area contributed by atoms with E-state index in [4.69, 9.17) is 4.74 Å². The molecule has 3 nitrogen and oxygen atoms in total. The molecule has 0 spiro atoms. The molecular weight excluding hydrogens is 308 g/mol. The summed E-state index contributed by atoms with van der Waals surface area (Å²) in [5.41, 5.74) is 1.06. The van der Waals surface area contributed by atoms with Gasteiger partial charge in [-0.25, -0.2) is 0 Å². The van der Waals surface area contributed by atoms with Crippen molar-refractivity contribution in [3.8, 4) is 5.75 Å². The first kappa shape index (κ1) is 19.5. The van der Waals surface area contributed by atoms with Gasteiger partial charge in [0, 0.05) is 37.1 Å². The minimum atomic E-state index is 0.541. The highest BCUT2D eigenvalue weighted by molar-refractivity contribution is 5.88. The Morgan fingerprint density at radius 2 is 1.72 bits per heavy atom. The average molecular weight is 341 g/mol. The SMILES string of the molecule is C=C(CNCCN(C(C)C)C(C)C)COc1cccc2ccccc12. The van der Waals surface area contributed by atoms with Crippen molar-refractivity contribution in [2.45, 2.75) is 39.8 Å². The summed E-state index contributed by atoms with van der Waals surface area (Å²) in [7, 11) is 0. The van der Waals surface area contributed by atoms with Gasteiger partial charge >= 0.3 is 0 Å². The van der Waals surface area contributed by atoms with Gasteiger partial charge in [-0.3, -0.25) is 4.90 Å². The topological polar surface area (TPSA) is 24.5 Å². The fourth-order valence-electron chi connectivity index (χ4n) is 3.14. The van der Waals surface area contributed by atoms with E-state index >= 15 is 0 Å². The van der Waals surface area contributed by atoms with E-state index in [1.54, 1.807) is 0 Å². The number of nitrogens with zero attached hydrogens (tertiary/aromatic N) is 1. The third-order valence-corrected chi connectivity index (χ3v) is 4.43. The summed E-state index contributed by atoms with van der Waals surface area (Å²) in [5.74, 6) is 0.921. The summed E-state index contributed by atoms with van der Waals surface area (Å²) in [6, 6.07) is 15.6. The number of benzene rings is 2. The number of nitrogens with one attached hydrogen (secondary N) is 1. The van der Waals surface area contributed by atoms with Crippen LogP contribution in [0, 0.1) is 0 Å². The van der Waals surface area contributed by atoms with Gasteiger partial charge in [0.1, 0.15) is 12.4 Å². The van der Waals surface area contributed by atoms with Crippen LogP contribution in [-0.4, -0.2) is 43.2 Å². The zero-order valence-corrected chi connectivity index (χ0v) is 16.1. The molecule has 0 radical (unpaired) electrons. The van der Waals surface area contributed by atoms with Gasteiger partial charge in [-0.15, -0.1) is 0 Å². The van der Waals surface area contributed by atoms with E-state index in [1.165, 1.54) is 5.39 Å². The van der Waals surface area contributed by atoms with Crippen LogP contribution < -0.4 is 10.1 Å². The van der Waals surface area contributed by atoms with E-state index in [1.807, 2.05) is 24.3 Å². The van der Waals surface area contributed by atoms with Gasteiger partial charge < -0.3 is 10.1 Å². The van der Waals surface area contributed by atoms with Crippen molar-refractivity contribution < 1.29 is 4.74 Å². The molecule has 0 aliphatic carbocycles. The van der Waals surface area contributed by atoms with Crippen LogP contribution in [0.1, 0.15) is 27.7 Å². The highest BCUT2D eigenvalue weighted by Crippen LogP contribution is 2.25. The molecule has 0 fully saturated rings. The summed E-state index contributed by atoms with van der Waals surface area (Å²) in [4.78, 5) is 2.49. The van der Waals surface area contributed by atoms with E-state index in [-0.39, 0.29) is 0 Å². The Balaban J connectivity index is 1.75. The average Bonchev–Trinajstić information content (AvgIpc) is 2.59. The molecule has 2 rings (SSSR count). The second kappa shape index (κ2) is 9.59. The van der Waals surface area contributed by atoms with Crippen LogP contribution in [0.5, 0.6) is 5.75 Å². The minimum absolute atomic E-state index is 0.541. The molecule has 0 aromatic heterocycles. The van der Waals surface area contributed by atoms with Crippen LogP contribution >= 0.6 is 0 Å². The molecule has 0 heterocycles. The first-order chi connectivity index (χ1) is 12.0. The second-order valence-electron chi connectivity index (χ2n) is 7.12. The summed E-state index contributed by atoms with van der Waals surface area (Å²) < 4.78 is 5.99. The molecule has 136 valence electrons. The van der Waals surface area contributed by atoms with E-state index in [2.05, 4.69) is 62.7 Å². The molecule has 0 bridgehead atoms. The molecule has 0 unspecified atom stereocenters. The fraction of sp³-hybridized carbons (Fsp3) is 0.455. The molecule has 25 heavy (non-hydrogen) atoms. The molecule has 0 aliphatic rings. The lowest BCUT2D eigenvalue weighted by molar-refractivity contribution is 0.176. The molecular formula is C22H32N2O. The molecule has 0 amide bonds. The summed E-state index contributed by atoms with van der Waals surface area (Å²) in [6.07, 6.45) is 0. The highest BCUT2D eigenvalue weighted by Gasteiger charge is 2.12. The summed E-state index contributed by atoms with van der Waals surface area (Å²) in [5, 5.41) is 5.83. The Labute approximate surface area is 152 Å². The monoisotopic (exact) mass is 340 g/mol. The Morgan fingerprint density at radius 1 is 1.04 bits per heavy atom. The summed E-state index contributed by atoms with van der Waals surface area (Å²) >= 11 is 0. The highest BCUT2D eigenvalue weighted by atomic mass is 16.5. The maximum atomic E-state index is 5.99. The number of rotatable bonds is 10. The number of ether oxygens (including phenoxy) is 1. The quantitative estimate of drug-likeness (QED) is 0.510. The Bertz CT molecular complexity index is 665. The number of hydrogen-bond donors (Lipinski definition) is 1. The molecule has 0 saturated heterocycles. The summed E-state index contributed by atoms with van der Waals surface area (Å²) in [6.45, 7) is 16.5. The van der Waals surface area contributed by atoms with Gasteiger partial charge in [0.25, 0.3) is 0 Å². The van der Waals surface area contributed by atoms with Crippen LogP contribution in [0.4, 0.5) is 0 Å². The van der Waals surface area contributed by atoms with Gasteiger partial charge in [0.05, 0.1) is 0 Å². The van der Waals surface area contributed by atoms with Crippen LogP contribution in [0.25, 0.3) is 10.8 Å². The van der Waals surface area contributed by atoms with E-state index in [0.717, 1.165) is 36.3 Å². The van der Waals surface area contributed by atoms with Gasteiger partial charge in [0.2, 0.25) is 0 Å². The third kappa shape index (κ3) is 5.87. The van der Waals surface area contributed by atoms with Gasteiger partial charge in [0.15, 0.2) is 0 Å². The van der Waals surface area contributed by atoms with Crippen molar-refractivity contribution in [1.82, 2.24) is 10.2 Å². The van der Waals surface area contributed by atoms with Crippen molar-refractivity contribution in [1.29, 1.82) is 0 Å². The van der Waals surface area contributed by atoms with E-state index in [9.17, 15) is 0 Å². The molecule has 1 N–H and O–H groups in total. The van der Waals surface area contributed by atoms with E-state index < -0.39 is 0 Å². The number of fused-ring (bicyclic) bond motifs is 1. The zero-order chi connectivity index (χ0) is 18.2. The third-order valence-electron chi connectivity index (χ3n) is 4.43. The first-order valence-electron chi connectivity index (χ1n) is 9.22. The Kier molecular flexibility index (Phi) is 7.48. The van der Waals surface area contributed by atoms with Crippen molar-refractivity contribution >= 4 is 10.8 Å². The maximum absolute atomic E-state index is 5.99. The maximum Gasteiger partial charge on any atom is 0.127 e. The molecule has 0 saturated carbocycles. The Morgan fingerprint density at radius 3 is 2.44 bits per heavy atom. The van der Waals surface area contributed by atoms with E-state index in [0.29, 0.717) is 18.7 Å². The molecule has 0 aliphatic heterocycles. The van der Waals surface area contributed by atoms with Crippen molar-refractivity contribution in [3.05, 3.63) is 54.6 Å². The Hall–Kier alpha value is -1.84. The normalized spacial score (nSPS) is 11.6. The first-order valence-corrected chi connectivity index (χ1v) is 9.22. The number of hydrogen-bond acceptors (Lipinski definition) is 3. The van der Waals surface area contributed by atoms with Crippen molar-refractivity contribution in [3.63, 3.8) is 0 Å². The van der Waals surface area contributed by atoms with Crippen molar-refractivity contribution in [2.24, 2.45) is 0 Å². The van der Waals surface area contributed by atoms with Crippen molar-refractivity contribution in [2.75, 3.05) is 26.2 Å². The standard InChI is InChI=1S/C22H32N2O/c1-17(2)24(18(3)4)14-13-23-15-19(5)16-25-22-12-8-10-20-9-6-7-11-21(20)22/h6-12,17-18,23H,5,13-16H2,1-4H3. The van der Waals surface area contributed by atoms with Crippen LogP contribution in [0.2, 0.25) is 0 Å². The predicted molar refractivity (Wildman–Crippen MR) is 108 cm³/mol. The van der Waals surface area contributed by atoms with Gasteiger partial charge in [-0.1, -0.05) is 43.0 Å². The second-order valence-corrected chi connectivity index (χ2v) is 7.12. The lowest BCUT2D eigenvalue weighted by Crippen LogP contribution is -2.41. The van der Waals surface area contributed by atoms with Gasteiger partial charge in [-0.05, 0) is 44.7 Å². The van der Waals surface area contributed by atoms with Crippen LogP contribution in [0.3, 0.4) is 0 Å². The van der Waals surface area contributed by atoms with Crippen LogP contribution in [0.15, 0.2) is 54.6 Å². The molecule has 0 atom stereocenters. The fourth-order valence-corrected chi connectivity index (χ4v) is 3.14. The molecule has 2 aromatic carbocycles. The largest absolute Gasteiger partial charge is 0.489 e. The van der Waals surface area contributed by atoms with Crippen LogP contribution in [-0.2, 0) is 0 Å².